The molecule has 2 heterocycles. The molecule has 1 atom stereocenters. The zero-order valence-corrected chi connectivity index (χ0v) is 20.3. The van der Waals surface area contributed by atoms with Crippen LogP contribution in [0, 0.1) is 0 Å². The molecule has 1 fully saturated rings. The van der Waals surface area contributed by atoms with Gasteiger partial charge in [0.15, 0.2) is 11.5 Å². The smallest absolute Gasteiger partial charge is 0.227 e. The van der Waals surface area contributed by atoms with E-state index in [1.165, 1.54) is 5.56 Å². The number of fused-ring (bicyclic) bond motifs is 1. The second kappa shape index (κ2) is 10.2. The summed E-state index contributed by atoms with van der Waals surface area (Å²) in [5.41, 5.74) is 4.29. The molecule has 0 saturated carbocycles. The lowest BCUT2D eigenvalue weighted by atomic mass is 10.1. The minimum absolute atomic E-state index is 0.0517. The molecular weight excluding hydrogens is 438 g/mol. The van der Waals surface area contributed by atoms with Crippen LogP contribution >= 0.6 is 0 Å². The largest absolute Gasteiger partial charge is 0.493 e. The highest BCUT2D eigenvalue weighted by Gasteiger charge is 2.34. The van der Waals surface area contributed by atoms with E-state index in [-0.39, 0.29) is 11.8 Å². The number of benzene rings is 3. The van der Waals surface area contributed by atoms with E-state index < -0.39 is 0 Å². The van der Waals surface area contributed by atoms with Crippen LogP contribution in [0.1, 0.15) is 37.1 Å². The summed E-state index contributed by atoms with van der Waals surface area (Å²) in [4.78, 5) is 19.8. The van der Waals surface area contributed by atoms with Crippen molar-refractivity contribution in [3.8, 4) is 11.5 Å². The van der Waals surface area contributed by atoms with E-state index in [2.05, 4.69) is 41.8 Å². The van der Waals surface area contributed by atoms with E-state index >= 15 is 0 Å². The summed E-state index contributed by atoms with van der Waals surface area (Å²) in [7, 11) is 1.65. The molecular formula is C29H31N3O3. The van der Waals surface area contributed by atoms with Gasteiger partial charge in [0, 0.05) is 31.1 Å². The first-order chi connectivity index (χ1) is 17.2. The van der Waals surface area contributed by atoms with E-state index in [4.69, 9.17) is 14.5 Å². The number of aromatic nitrogens is 2. The second-order valence-electron chi connectivity index (χ2n) is 8.89. The first kappa shape index (κ1) is 23.0. The number of carbonyl (C=O) groups excluding carboxylic acids is 1. The van der Waals surface area contributed by atoms with Gasteiger partial charge >= 0.3 is 0 Å². The Morgan fingerprint density at radius 3 is 2.49 bits per heavy atom. The Kier molecular flexibility index (Phi) is 6.70. The fourth-order valence-electron chi connectivity index (χ4n) is 4.83. The summed E-state index contributed by atoms with van der Waals surface area (Å²) in [6.45, 7) is 4.11. The average molecular weight is 470 g/mol. The van der Waals surface area contributed by atoms with Gasteiger partial charge in [-0.1, -0.05) is 43.3 Å². The molecule has 1 amide bonds. The molecule has 0 N–H and O–H groups in total. The third-order valence-corrected chi connectivity index (χ3v) is 6.68. The number of rotatable bonds is 9. The summed E-state index contributed by atoms with van der Waals surface area (Å²) >= 11 is 0. The standard InChI is InChI=1S/C29H31N3O3/c1-3-21-13-15-23(16-14-21)32-20-22(19-28(32)33)29-30-24-9-4-5-10-25(24)31(29)17-8-18-35-27-12-7-6-11-26(27)34-2/h4-7,9-16,22H,3,8,17-20H2,1-2H3/t22-/m1/s1. The molecule has 1 saturated heterocycles. The van der Waals surface area contributed by atoms with Gasteiger partial charge in [0.2, 0.25) is 5.91 Å². The number of hydrogen-bond acceptors (Lipinski definition) is 4. The summed E-state index contributed by atoms with van der Waals surface area (Å²) in [5, 5.41) is 0. The summed E-state index contributed by atoms with van der Waals surface area (Å²) < 4.78 is 13.6. The predicted octanol–water partition coefficient (Wildman–Crippen LogP) is 5.60. The Bertz CT molecular complexity index is 1310. The van der Waals surface area contributed by atoms with Crippen molar-refractivity contribution in [3.63, 3.8) is 0 Å². The molecule has 3 aromatic carbocycles. The van der Waals surface area contributed by atoms with Crippen molar-refractivity contribution in [2.45, 2.75) is 38.6 Å². The third-order valence-electron chi connectivity index (χ3n) is 6.68. The minimum atomic E-state index is 0.0517. The van der Waals surface area contributed by atoms with Gasteiger partial charge in [0.1, 0.15) is 5.82 Å². The first-order valence-electron chi connectivity index (χ1n) is 12.3. The first-order valence-corrected chi connectivity index (χ1v) is 12.3. The number of aryl methyl sites for hydroxylation is 2. The summed E-state index contributed by atoms with van der Waals surface area (Å²) in [5.74, 6) is 2.66. The lowest BCUT2D eigenvalue weighted by Crippen LogP contribution is -2.24. The molecule has 35 heavy (non-hydrogen) atoms. The van der Waals surface area contributed by atoms with Gasteiger partial charge < -0.3 is 18.9 Å². The van der Waals surface area contributed by atoms with Gasteiger partial charge in [-0.05, 0) is 54.8 Å². The highest BCUT2D eigenvalue weighted by atomic mass is 16.5. The fourth-order valence-corrected chi connectivity index (χ4v) is 4.83. The van der Waals surface area contributed by atoms with Crippen LogP contribution in [0.3, 0.4) is 0 Å². The van der Waals surface area contributed by atoms with Gasteiger partial charge in [-0.3, -0.25) is 4.79 Å². The van der Waals surface area contributed by atoms with Crippen LogP contribution in [0.5, 0.6) is 11.5 Å². The van der Waals surface area contributed by atoms with E-state index in [1.54, 1.807) is 7.11 Å². The third kappa shape index (κ3) is 4.74. The lowest BCUT2D eigenvalue weighted by Gasteiger charge is -2.18. The van der Waals surface area contributed by atoms with E-state index in [0.717, 1.165) is 53.4 Å². The maximum atomic E-state index is 13.0. The van der Waals surface area contributed by atoms with Crippen molar-refractivity contribution >= 4 is 22.6 Å². The van der Waals surface area contributed by atoms with Gasteiger partial charge in [-0.15, -0.1) is 0 Å². The molecule has 6 heteroatoms. The highest BCUT2D eigenvalue weighted by molar-refractivity contribution is 5.96. The Morgan fingerprint density at radius 1 is 0.971 bits per heavy atom. The van der Waals surface area contributed by atoms with Gasteiger partial charge in [-0.25, -0.2) is 4.98 Å². The number of carbonyl (C=O) groups is 1. The molecule has 0 bridgehead atoms. The molecule has 1 aliphatic rings. The van der Waals surface area contributed by atoms with Crippen molar-refractivity contribution in [2.75, 3.05) is 25.2 Å². The van der Waals surface area contributed by atoms with Crippen molar-refractivity contribution in [3.05, 3.63) is 84.2 Å². The Balaban J connectivity index is 1.33. The number of ether oxygens (including phenoxy) is 2. The number of hydrogen-bond donors (Lipinski definition) is 0. The van der Waals surface area contributed by atoms with Crippen molar-refractivity contribution in [2.24, 2.45) is 0 Å². The SMILES string of the molecule is CCc1ccc(N2C[C@H](c3nc4ccccc4n3CCCOc3ccccc3OC)CC2=O)cc1. The number of para-hydroxylation sites is 4. The van der Waals surface area contributed by atoms with Crippen LogP contribution in [-0.4, -0.2) is 35.7 Å². The van der Waals surface area contributed by atoms with Crippen molar-refractivity contribution < 1.29 is 14.3 Å². The van der Waals surface area contributed by atoms with Crippen LogP contribution < -0.4 is 14.4 Å². The summed E-state index contributed by atoms with van der Waals surface area (Å²) in [6.07, 6.45) is 2.27. The lowest BCUT2D eigenvalue weighted by molar-refractivity contribution is -0.117. The highest BCUT2D eigenvalue weighted by Crippen LogP contribution is 2.33. The normalized spacial score (nSPS) is 15.7. The molecule has 0 spiro atoms. The Labute approximate surface area is 206 Å². The number of imidazole rings is 1. The van der Waals surface area contributed by atoms with Crippen LogP contribution in [0.25, 0.3) is 11.0 Å². The molecule has 1 aromatic heterocycles. The zero-order chi connectivity index (χ0) is 24.2. The maximum absolute atomic E-state index is 13.0. The number of nitrogens with zero attached hydrogens (tertiary/aromatic N) is 3. The molecule has 6 nitrogen and oxygen atoms in total. The Hall–Kier alpha value is -3.80. The second-order valence-corrected chi connectivity index (χ2v) is 8.89. The fraction of sp³-hybridized carbons (Fsp3) is 0.310. The van der Waals surface area contributed by atoms with Gasteiger partial charge in [-0.2, -0.15) is 0 Å². The molecule has 1 aliphatic heterocycles. The molecule has 5 rings (SSSR count). The van der Waals surface area contributed by atoms with E-state index in [9.17, 15) is 4.79 Å². The van der Waals surface area contributed by atoms with Crippen LogP contribution in [0.15, 0.2) is 72.8 Å². The number of amides is 1. The monoisotopic (exact) mass is 469 g/mol. The Morgan fingerprint density at radius 2 is 1.71 bits per heavy atom. The average Bonchev–Trinajstić information content (AvgIpc) is 3.47. The van der Waals surface area contributed by atoms with Gasteiger partial charge in [0.25, 0.3) is 0 Å². The van der Waals surface area contributed by atoms with E-state index in [0.29, 0.717) is 19.6 Å². The van der Waals surface area contributed by atoms with Crippen molar-refractivity contribution in [1.82, 2.24) is 9.55 Å². The molecule has 180 valence electrons. The van der Waals surface area contributed by atoms with Crippen molar-refractivity contribution in [1.29, 1.82) is 0 Å². The molecule has 0 unspecified atom stereocenters. The predicted molar refractivity (Wildman–Crippen MR) is 138 cm³/mol. The number of anilines is 1. The molecule has 0 aliphatic carbocycles. The maximum Gasteiger partial charge on any atom is 0.227 e. The van der Waals surface area contributed by atoms with E-state index in [1.807, 2.05) is 47.4 Å². The van der Waals surface area contributed by atoms with Crippen LogP contribution in [0.2, 0.25) is 0 Å². The summed E-state index contributed by atoms with van der Waals surface area (Å²) in [6, 6.07) is 24.2. The number of methoxy groups -OCH3 is 1. The quantitative estimate of drug-likeness (QED) is 0.300. The molecule has 4 aromatic rings. The van der Waals surface area contributed by atoms with Crippen LogP contribution in [0.4, 0.5) is 5.69 Å². The van der Waals surface area contributed by atoms with Crippen LogP contribution in [-0.2, 0) is 17.8 Å². The van der Waals surface area contributed by atoms with Gasteiger partial charge in [0.05, 0.1) is 24.8 Å². The topological polar surface area (TPSA) is 56.6 Å². The minimum Gasteiger partial charge on any atom is -0.493 e. The zero-order valence-electron chi connectivity index (χ0n) is 20.3. The molecule has 0 radical (unpaired) electrons.